The third-order valence-electron chi connectivity index (χ3n) is 8.91. The summed E-state index contributed by atoms with van der Waals surface area (Å²) in [5.41, 5.74) is 7.71. The zero-order chi connectivity index (χ0) is 29.0. The SMILES string of the molecule is c1ccc(-c2ccc(-c3ccc4c5ccc(-c6ccc7ccccc7n6)cc5c5ccccc5c4c3)c3ccccc23)nc1. The van der Waals surface area contributed by atoms with Crippen molar-refractivity contribution in [1.29, 1.82) is 0 Å². The van der Waals surface area contributed by atoms with Crippen LogP contribution < -0.4 is 0 Å². The van der Waals surface area contributed by atoms with Gasteiger partial charge in [-0.25, -0.2) is 4.98 Å². The Hall–Kier alpha value is -5.86. The minimum Gasteiger partial charge on any atom is -0.256 e. The van der Waals surface area contributed by atoms with E-state index in [1.54, 1.807) is 0 Å². The first-order chi connectivity index (χ1) is 21.8. The lowest BCUT2D eigenvalue weighted by molar-refractivity contribution is 1.33. The Labute approximate surface area is 254 Å². The van der Waals surface area contributed by atoms with Crippen LogP contribution in [0.15, 0.2) is 158 Å². The maximum Gasteiger partial charge on any atom is 0.0709 e. The summed E-state index contributed by atoms with van der Waals surface area (Å²) in [7, 11) is 0. The molecule has 0 radical (unpaired) electrons. The second-order valence-electron chi connectivity index (χ2n) is 11.4. The van der Waals surface area contributed by atoms with Gasteiger partial charge in [0, 0.05) is 22.7 Å². The van der Waals surface area contributed by atoms with E-state index in [-0.39, 0.29) is 0 Å². The average Bonchev–Trinajstić information content (AvgIpc) is 3.11. The van der Waals surface area contributed by atoms with E-state index in [1.165, 1.54) is 54.2 Å². The van der Waals surface area contributed by atoms with Crippen LogP contribution >= 0.6 is 0 Å². The lowest BCUT2D eigenvalue weighted by Gasteiger charge is -2.15. The standard InChI is InChI=1S/C42H26N2/c1-6-14-40-27(9-1)18-23-41(44-40)29-17-20-36-35-19-16-28(25-38(35)33-12-4-5-13-34(33)39(36)26-29)30-21-22-37(42-15-7-8-24-43-42)32-11-3-2-10-31(30)32/h1-26H. The summed E-state index contributed by atoms with van der Waals surface area (Å²) in [6, 6.07) is 54.3. The Kier molecular flexibility index (Phi) is 5.54. The fourth-order valence-electron chi connectivity index (χ4n) is 6.81. The second kappa shape index (κ2) is 9.86. The second-order valence-corrected chi connectivity index (χ2v) is 11.4. The molecule has 2 heterocycles. The van der Waals surface area contributed by atoms with Gasteiger partial charge in [-0.1, -0.05) is 115 Å². The minimum absolute atomic E-state index is 0.990. The van der Waals surface area contributed by atoms with Gasteiger partial charge < -0.3 is 0 Å². The molecule has 0 aliphatic carbocycles. The van der Waals surface area contributed by atoms with Crippen molar-refractivity contribution >= 4 is 54.0 Å². The number of pyridine rings is 2. The molecule has 0 saturated heterocycles. The van der Waals surface area contributed by atoms with Crippen LogP contribution in [0, 0.1) is 0 Å². The number of hydrogen-bond acceptors (Lipinski definition) is 2. The van der Waals surface area contributed by atoms with Crippen LogP contribution in [0.1, 0.15) is 0 Å². The van der Waals surface area contributed by atoms with Crippen molar-refractivity contribution in [3.63, 3.8) is 0 Å². The van der Waals surface area contributed by atoms with Crippen LogP contribution in [0.3, 0.4) is 0 Å². The third-order valence-corrected chi connectivity index (χ3v) is 8.91. The largest absolute Gasteiger partial charge is 0.256 e. The van der Waals surface area contributed by atoms with Gasteiger partial charge in [0.1, 0.15) is 0 Å². The van der Waals surface area contributed by atoms with Crippen molar-refractivity contribution in [2.24, 2.45) is 0 Å². The predicted octanol–water partition coefficient (Wildman–Crippen LogP) is 11.2. The number of benzene rings is 7. The number of hydrogen-bond donors (Lipinski definition) is 0. The fourth-order valence-corrected chi connectivity index (χ4v) is 6.81. The average molecular weight is 559 g/mol. The molecule has 0 unspecified atom stereocenters. The Morgan fingerprint density at radius 1 is 0.341 bits per heavy atom. The van der Waals surface area contributed by atoms with Gasteiger partial charge in [-0.15, -0.1) is 0 Å². The summed E-state index contributed by atoms with van der Waals surface area (Å²) in [5.74, 6) is 0. The van der Waals surface area contributed by atoms with Crippen LogP contribution in [-0.2, 0) is 0 Å². The Morgan fingerprint density at radius 3 is 1.68 bits per heavy atom. The summed E-state index contributed by atoms with van der Waals surface area (Å²) in [6.07, 6.45) is 1.86. The molecule has 0 spiro atoms. The number of rotatable bonds is 3. The van der Waals surface area contributed by atoms with Crippen LogP contribution in [0.25, 0.3) is 87.6 Å². The molecule has 0 amide bonds. The molecule has 2 nitrogen and oxygen atoms in total. The van der Waals surface area contributed by atoms with Crippen LogP contribution in [0.5, 0.6) is 0 Å². The number of para-hydroxylation sites is 1. The van der Waals surface area contributed by atoms with Crippen molar-refractivity contribution in [3.05, 3.63) is 158 Å². The topological polar surface area (TPSA) is 25.8 Å². The molecular weight excluding hydrogens is 532 g/mol. The monoisotopic (exact) mass is 558 g/mol. The maximum absolute atomic E-state index is 4.99. The molecule has 44 heavy (non-hydrogen) atoms. The molecular formula is C42H26N2. The molecule has 0 bridgehead atoms. The Balaban J connectivity index is 1.25. The van der Waals surface area contributed by atoms with E-state index < -0.39 is 0 Å². The molecule has 0 aliphatic rings. The summed E-state index contributed by atoms with van der Waals surface area (Å²) in [5, 5.41) is 11.1. The van der Waals surface area contributed by atoms with Crippen LogP contribution in [0.4, 0.5) is 0 Å². The van der Waals surface area contributed by atoms with Crippen molar-refractivity contribution in [2.45, 2.75) is 0 Å². The smallest absolute Gasteiger partial charge is 0.0709 e. The van der Waals surface area contributed by atoms with E-state index in [2.05, 4.69) is 138 Å². The maximum atomic E-state index is 4.99. The number of fused-ring (bicyclic) bond motifs is 8. The Morgan fingerprint density at radius 2 is 0.932 bits per heavy atom. The molecule has 7 aromatic carbocycles. The highest BCUT2D eigenvalue weighted by Gasteiger charge is 2.14. The van der Waals surface area contributed by atoms with E-state index in [0.29, 0.717) is 0 Å². The van der Waals surface area contributed by atoms with Gasteiger partial charge in [-0.05, 0) is 90.6 Å². The molecule has 0 atom stereocenters. The third kappa shape index (κ3) is 3.89. The summed E-state index contributed by atoms with van der Waals surface area (Å²) >= 11 is 0. The van der Waals surface area contributed by atoms with Gasteiger partial charge in [-0.3, -0.25) is 4.98 Å². The van der Waals surface area contributed by atoms with Crippen molar-refractivity contribution < 1.29 is 0 Å². The first-order valence-electron chi connectivity index (χ1n) is 15.0. The van der Waals surface area contributed by atoms with E-state index in [0.717, 1.165) is 33.4 Å². The van der Waals surface area contributed by atoms with Crippen molar-refractivity contribution in [1.82, 2.24) is 9.97 Å². The van der Waals surface area contributed by atoms with E-state index in [4.69, 9.17) is 4.98 Å². The van der Waals surface area contributed by atoms with Gasteiger partial charge >= 0.3 is 0 Å². The highest BCUT2D eigenvalue weighted by molar-refractivity contribution is 6.26. The van der Waals surface area contributed by atoms with Gasteiger partial charge in [0.2, 0.25) is 0 Å². The highest BCUT2D eigenvalue weighted by Crippen LogP contribution is 2.41. The molecule has 0 N–H and O–H groups in total. The molecule has 2 aromatic heterocycles. The molecule has 9 rings (SSSR count). The highest BCUT2D eigenvalue weighted by atomic mass is 14.7. The fraction of sp³-hybridized carbons (Fsp3) is 0. The summed E-state index contributed by atoms with van der Waals surface area (Å²) in [6.45, 7) is 0. The number of aromatic nitrogens is 2. The molecule has 0 fully saturated rings. The van der Waals surface area contributed by atoms with Gasteiger partial charge in [-0.2, -0.15) is 0 Å². The molecule has 204 valence electrons. The van der Waals surface area contributed by atoms with E-state index >= 15 is 0 Å². The van der Waals surface area contributed by atoms with E-state index in [9.17, 15) is 0 Å². The summed E-state index contributed by atoms with van der Waals surface area (Å²) < 4.78 is 0. The van der Waals surface area contributed by atoms with Crippen LogP contribution in [-0.4, -0.2) is 9.97 Å². The molecule has 2 heteroatoms. The lowest BCUT2D eigenvalue weighted by Crippen LogP contribution is -1.90. The first-order valence-corrected chi connectivity index (χ1v) is 15.0. The predicted molar refractivity (Wildman–Crippen MR) is 186 cm³/mol. The molecule has 0 saturated carbocycles. The van der Waals surface area contributed by atoms with Crippen LogP contribution in [0.2, 0.25) is 0 Å². The van der Waals surface area contributed by atoms with Gasteiger partial charge in [0.25, 0.3) is 0 Å². The quantitative estimate of drug-likeness (QED) is 0.202. The summed E-state index contributed by atoms with van der Waals surface area (Å²) in [4.78, 5) is 9.63. The lowest BCUT2D eigenvalue weighted by atomic mass is 9.89. The van der Waals surface area contributed by atoms with Crippen molar-refractivity contribution in [3.8, 4) is 33.6 Å². The minimum atomic E-state index is 0.990. The zero-order valence-corrected chi connectivity index (χ0v) is 23.9. The van der Waals surface area contributed by atoms with Gasteiger partial charge in [0.15, 0.2) is 0 Å². The van der Waals surface area contributed by atoms with Gasteiger partial charge in [0.05, 0.1) is 16.9 Å². The van der Waals surface area contributed by atoms with Crippen molar-refractivity contribution in [2.75, 3.05) is 0 Å². The molecule has 9 aromatic rings. The molecule has 0 aliphatic heterocycles. The zero-order valence-electron chi connectivity index (χ0n) is 23.9. The Bertz CT molecular complexity index is 2530. The number of nitrogens with zero attached hydrogens (tertiary/aromatic N) is 2. The van der Waals surface area contributed by atoms with E-state index in [1.807, 2.05) is 24.4 Å². The first kappa shape index (κ1) is 24.7. The normalized spacial score (nSPS) is 11.6.